The summed E-state index contributed by atoms with van der Waals surface area (Å²) in [5.41, 5.74) is 1.92. The molecule has 112 valence electrons. The van der Waals surface area contributed by atoms with Crippen molar-refractivity contribution in [3.05, 3.63) is 66.4 Å². The minimum absolute atomic E-state index is 0.276. The summed E-state index contributed by atoms with van der Waals surface area (Å²) in [4.78, 5) is 11.6. The van der Waals surface area contributed by atoms with E-state index in [1.54, 1.807) is 0 Å². The van der Waals surface area contributed by atoms with Gasteiger partial charge in [0.2, 0.25) is 0 Å². The van der Waals surface area contributed by atoms with Gasteiger partial charge in [-0.3, -0.25) is 4.68 Å². The maximum atomic E-state index is 11.6. The molecule has 1 aromatic heterocycles. The molecule has 0 aliphatic rings. The van der Waals surface area contributed by atoms with E-state index in [-0.39, 0.29) is 6.61 Å². The monoisotopic (exact) mass is 295 g/mol. The highest BCUT2D eigenvalue weighted by Gasteiger charge is 2.03. The standard InChI is InChI=1S/C17H17N3O2/c21-17(22-13-14-6-2-1-3-7-14)18-10-11-20-12-15-8-4-5-9-16(15)19-20/h1-9,12H,10-11,13H2,(H,18,21). The Balaban J connectivity index is 1.43. The zero-order valence-corrected chi connectivity index (χ0v) is 12.1. The lowest BCUT2D eigenvalue weighted by Gasteiger charge is -2.07. The summed E-state index contributed by atoms with van der Waals surface area (Å²) in [6, 6.07) is 17.5. The summed E-state index contributed by atoms with van der Waals surface area (Å²) in [6.45, 7) is 1.36. The highest BCUT2D eigenvalue weighted by molar-refractivity contribution is 5.77. The number of carbonyl (C=O) groups excluding carboxylic acids is 1. The second kappa shape index (κ2) is 6.76. The Morgan fingerprint density at radius 2 is 1.86 bits per heavy atom. The molecular weight excluding hydrogens is 278 g/mol. The van der Waals surface area contributed by atoms with E-state index in [2.05, 4.69) is 10.4 Å². The predicted molar refractivity (Wildman–Crippen MR) is 84.4 cm³/mol. The summed E-state index contributed by atoms with van der Waals surface area (Å²) < 4.78 is 6.97. The van der Waals surface area contributed by atoms with Gasteiger partial charge < -0.3 is 10.1 Å². The number of hydrogen-bond donors (Lipinski definition) is 1. The van der Waals surface area contributed by atoms with Crippen molar-refractivity contribution in [1.82, 2.24) is 15.1 Å². The van der Waals surface area contributed by atoms with E-state index in [9.17, 15) is 4.79 Å². The topological polar surface area (TPSA) is 56.2 Å². The third kappa shape index (κ3) is 3.63. The molecule has 5 nitrogen and oxygen atoms in total. The number of rotatable bonds is 5. The normalized spacial score (nSPS) is 10.5. The number of nitrogens with zero attached hydrogens (tertiary/aromatic N) is 2. The van der Waals surface area contributed by atoms with Crippen LogP contribution in [-0.4, -0.2) is 22.4 Å². The van der Waals surface area contributed by atoms with Crippen molar-refractivity contribution in [2.75, 3.05) is 6.54 Å². The molecule has 0 bridgehead atoms. The molecule has 0 saturated heterocycles. The molecule has 2 aromatic carbocycles. The summed E-state index contributed by atoms with van der Waals surface area (Å²) in [5, 5.41) is 8.24. The fourth-order valence-corrected chi connectivity index (χ4v) is 2.18. The fourth-order valence-electron chi connectivity index (χ4n) is 2.18. The summed E-state index contributed by atoms with van der Waals surface area (Å²) in [5.74, 6) is 0. The number of benzene rings is 2. The fraction of sp³-hybridized carbons (Fsp3) is 0.176. The Morgan fingerprint density at radius 1 is 1.09 bits per heavy atom. The van der Waals surface area contributed by atoms with Gasteiger partial charge in [-0.15, -0.1) is 0 Å². The first-order chi connectivity index (χ1) is 10.8. The second-order valence-corrected chi connectivity index (χ2v) is 4.94. The van der Waals surface area contributed by atoms with Crippen molar-refractivity contribution in [1.29, 1.82) is 0 Å². The zero-order valence-electron chi connectivity index (χ0n) is 12.1. The summed E-state index contributed by atoms with van der Waals surface area (Å²) in [6.07, 6.45) is 1.55. The first-order valence-corrected chi connectivity index (χ1v) is 7.18. The van der Waals surface area contributed by atoms with Crippen molar-refractivity contribution in [2.45, 2.75) is 13.2 Å². The van der Waals surface area contributed by atoms with Gasteiger partial charge in [-0.1, -0.05) is 48.5 Å². The number of aromatic nitrogens is 2. The van der Waals surface area contributed by atoms with Gasteiger partial charge in [0.15, 0.2) is 0 Å². The third-order valence-corrected chi connectivity index (χ3v) is 3.28. The minimum Gasteiger partial charge on any atom is -0.445 e. The number of alkyl carbamates (subject to hydrolysis) is 1. The van der Waals surface area contributed by atoms with Crippen molar-refractivity contribution in [2.24, 2.45) is 0 Å². The molecule has 5 heteroatoms. The molecule has 1 N–H and O–H groups in total. The molecule has 0 aliphatic heterocycles. The van der Waals surface area contributed by atoms with E-state index >= 15 is 0 Å². The molecule has 0 saturated carbocycles. The third-order valence-electron chi connectivity index (χ3n) is 3.28. The van der Waals surface area contributed by atoms with E-state index in [0.29, 0.717) is 13.1 Å². The van der Waals surface area contributed by atoms with Gasteiger partial charge in [0, 0.05) is 18.1 Å². The molecule has 3 aromatic rings. The molecule has 0 fully saturated rings. The number of ether oxygens (including phenoxy) is 1. The Morgan fingerprint density at radius 3 is 2.68 bits per heavy atom. The first-order valence-electron chi connectivity index (χ1n) is 7.18. The van der Waals surface area contributed by atoms with Crippen LogP contribution in [0.5, 0.6) is 0 Å². The smallest absolute Gasteiger partial charge is 0.407 e. The number of carbonyl (C=O) groups is 1. The number of nitrogens with one attached hydrogen (secondary N) is 1. The SMILES string of the molecule is O=C(NCCn1cc2ccccc2n1)OCc1ccccc1. The van der Waals surface area contributed by atoms with E-state index in [4.69, 9.17) is 4.74 Å². The average molecular weight is 295 g/mol. The van der Waals surface area contributed by atoms with Crippen LogP contribution in [0.4, 0.5) is 4.79 Å². The van der Waals surface area contributed by atoms with Crippen LogP contribution >= 0.6 is 0 Å². The maximum Gasteiger partial charge on any atom is 0.407 e. The lowest BCUT2D eigenvalue weighted by atomic mass is 10.2. The molecule has 0 radical (unpaired) electrons. The van der Waals surface area contributed by atoms with Gasteiger partial charge in [-0.05, 0) is 11.6 Å². The van der Waals surface area contributed by atoms with Crippen LogP contribution in [0.15, 0.2) is 60.8 Å². The van der Waals surface area contributed by atoms with Crippen molar-refractivity contribution in [3.8, 4) is 0 Å². The van der Waals surface area contributed by atoms with Crippen molar-refractivity contribution >= 4 is 17.0 Å². The largest absolute Gasteiger partial charge is 0.445 e. The number of amides is 1. The van der Waals surface area contributed by atoms with E-state index in [1.165, 1.54) is 0 Å². The van der Waals surface area contributed by atoms with Crippen LogP contribution in [0, 0.1) is 0 Å². The lowest BCUT2D eigenvalue weighted by Crippen LogP contribution is -2.27. The molecule has 1 heterocycles. The Hall–Kier alpha value is -2.82. The molecule has 0 unspecified atom stereocenters. The second-order valence-electron chi connectivity index (χ2n) is 4.94. The van der Waals surface area contributed by atoms with Gasteiger partial charge in [0.25, 0.3) is 0 Å². The van der Waals surface area contributed by atoms with E-state index < -0.39 is 6.09 Å². The van der Waals surface area contributed by atoms with Gasteiger partial charge in [-0.25, -0.2) is 4.79 Å². The zero-order chi connectivity index (χ0) is 15.2. The molecular formula is C17H17N3O2. The van der Waals surface area contributed by atoms with Crippen molar-refractivity contribution < 1.29 is 9.53 Å². The Kier molecular flexibility index (Phi) is 4.34. The Bertz CT molecular complexity index is 720. The highest BCUT2D eigenvalue weighted by atomic mass is 16.5. The molecule has 3 rings (SSSR count). The van der Waals surface area contributed by atoms with Crippen LogP contribution in [0.1, 0.15) is 5.56 Å². The van der Waals surface area contributed by atoms with Gasteiger partial charge >= 0.3 is 6.09 Å². The molecule has 0 spiro atoms. The van der Waals surface area contributed by atoms with Gasteiger partial charge in [0.1, 0.15) is 6.61 Å². The van der Waals surface area contributed by atoms with Crippen LogP contribution in [0.2, 0.25) is 0 Å². The highest BCUT2D eigenvalue weighted by Crippen LogP contribution is 2.10. The van der Waals surface area contributed by atoms with Crippen LogP contribution in [0.3, 0.4) is 0 Å². The average Bonchev–Trinajstić information content (AvgIpc) is 2.96. The maximum absolute atomic E-state index is 11.6. The van der Waals surface area contributed by atoms with Crippen LogP contribution < -0.4 is 5.32 Å². The van der Waals surface area contributed by atoms with E-state index in [0.717, 1.165) is 16.5 Å². The minimum atomic E-state index is -0.416. The van der Waals surface area contributed by atoms with Crippen LogP contribution in [-0.2, 0) is 17.9 Å². The lowest BCUT2D eigenvalue weighted by molar-refractivity contribution is 0.139. The van der Waals surface area contributed by atoms with Crippen LogP contribution in [0.25, 0.3) is 10.9 Å². The molecule has 22 heavy (non-hydrogen) atoms. The summed E-state index contributed by atoms with van der Waals surface area (Å²) in [7, 11) is 0. The van der Waals surface area contributed by atoms with Gasteiger partial charge in [0.05, 0.1) is 12.1 Å². The first kappa shape index (κ1) is 14.1. The summed E-state index contributed by atoms with van der Waals surface area (Å²) >= 11 is 0. The molecule has 1 amide bonds. The van der Waals surface area contributed by atoms with E-state index in [1.807, 2.05) is 65.5 Å². The number of fused-ring (bicyclic) bond motifs is 1. The molecule has 0 atom stereocenters. The van der Waals surface area contributed by atoms with Crippen molar-refractivity contribution in [3.63, 3.8) is 0 Å². The molecule has 0 aliphatic carbocycles. The van der Waals surface area contributed by atoms with Gasteiger partial charge in [-0.2, -0.15) is 5.10 Å². The quantitative estimate of drug-likeness (QED) is 0.787. The predicted octanol–water partition coefficient (Wildman–Crippen LogP) is 2.96. The number of hydrogen-bond acceptors (Lipinski definition) is 3. The Labute approximate surface area is 128 Å².